The van der Waals surface area contributed by atoms with Crippen LogP contribution in [0, 0.1) is 0 Å². The molecular weight excluding hydrogens is 271 g/mol. The van der Waals surface area contributed by atoms with Crippen molar-refractivity contribution >= 4 is 7.12 Å². The smallest absolute Gasteiger partial charge is 0.461 e. The molecule has 0 unspecified atom stereocenters. The van der Waals surface area contributed by atoms with Gasteiger partial charge in [0, 0.05) is 27.0 Å². The van der Waals surface area contributed by atoms with E-state index >= 15 is 0 Å². The summed E-state index contributed by atoms with van der Waals surface area (Å²) >= 11 is 0. The summed E-state index contributed by atoms with van der Waals surface area (Å²) in [5, 5.41) is 0. The topological polar surface area (TPSA) is 46.2 Å². The van der Waals surface area contributed by atoms with E-state index in [1.54, 1.807) is 20.5 Å². The van der Waals surface area contributed by atoms with Gasteiger partial charge in [-0.15, -0.1) is 0 Å². The maximum absolute atomic E-state index is 5.89. The van der Waals surface area contributed by atoms with Gasteiger partial charge in [0.05, 0.1) is 24.1 Å². The SMILES string of the molecule is COC(CCCO/C=C\CB1OC(C)(C)C(C)(C)O1)OC. The standard InChI is InChI=1S/C15H29BO5/c1-14(2)15(3,4)21-16(20-14)10-8-12-19-11-7-9-13(17-5)18-6/h8,12-13H,7,9-11H2,1-6H3/b12-8-. The van der Waals surface area contributed by atoms with E-state index in [2.05, 4.69) is 27.7 Å². The molecule has 5 nitrogen and oxygen atoms in total. The van der Waals surface area contributed by atoms with Crippen molar-refractivity contribution in [3.63, 3.8) is 0 Å². The molecule has 0 aliphatic carbocycles. The second kappa shape index (κ2) is 8.18. The first kappa shape index (κ1) is 18.5. The molecule has 6 heteroatoms. The van der Waals surface area contributed by atoms with Crippen molar-refractivity contribution in [2.75, 3.05) is 20.8 Å². The zero-order valence-corrected chi connectivity index (χ0v) is 14.2. The van der Waals surface area contributed by atoms with Gasteiger partial charge in [-0.3, -0.25) is 0 Å². The predicted molar refractivity (Wildman–Crippen MR) is 83.0 cm³/mol. The van der Waals surface area contributed by atoms with Gasteiger partial charge in [0.25, 0.3) is 0 Å². The third kappa shape index (κ3) is 5.62. The summed E-state index contributed by atoms with van der Waals surface area (Å²) in [7, 11) is 3.07. The lowest BCUT2D eigenvalue weighted by atomic mass is 9.85. The minimum atomic E-state index is -0.276. The number of methoxy groups -OCH3 is 2. The van der Waals surface area contributed by atoms with Gasteiger partial charge in [-0.05, 0) is 34.1 Å². The fourth-order valence-electron chi connectivity index (χ4n) is 2.03. The van der Waals surface area contributed by atoms with Gasteiger partial charge >= 0.3 is 7.12 Å². The second-order valence-electron chi connectivity index (χ2n) is 6.21. The van der Waals surface area contributed by atoms with Crippen LogP contribution in [0.4, 0.5) is 0 Å². The van der Waals surface area contributed by atoms with E-state index in [4.69, 9.17) is 23.5 Å². The lowest BCUT2D eigenvalue weighted by Crippen LogP contribution is -2.41. The van der Waals surface area contributed by atoms with Crippen LogP contribution in [0.3, 0.4) is 0 Å². The highest BCUT2D eigenvalue weighted by molar-refractivity contribution is 6.46. The van der Waals surface area contributed by atoms with Crippen molar-refractivity contribution in [3.8, 4) is 0 Å². The highest BCUT2D eigenvalue weighted by Crippen LogP contribution is 2.37. The molecule has 1 heterocycles. The van der Waals surface area contributed by atoms with Gasteiger partial charge in [-0.1, -0.05) is 6.08 Å². The first-order valence-electron chi connectivity index (χ1n) is 7.50. The first-order valence-corrected chi connectivity index (χ1v) is 7.50. The van der Waals surface area contributed by atoms with Crippen LogP contribution < -0.4 is 0 Å². The monoisotopic (exact) mass is 300 g/mol. The molecule has 0 spiro atoms. The van der Waals surface area contributed by atoms with Gasteiger partial charge in [-0.2, -0.15) is 0 Å². The van der Waals surface area contributed by atoms with Crippen LogP contribution in [0.5, 0.6) is 0 Å². The van der Waals surface area contributed by atoms with Crippen LogP contribution >= 0.6 is 0 Å². The number of allylic oxidation sites excluding steroid dienone is 1. The summed E-state index contributed by atoms with van der Waals surface area (Å²) in [4.78, 5) is 0. The molecular formula is C15H29BO5. The zero-order valence-electron chi connectivity index (χ0n) is 14.2. The second-order valence-corrected chi connectivity index (χ2v) is 6.21. The Balaban J connectivity index is 2.14. The Morgan fingerprint density at radius 1 is 1.05 bits per heavy atom. The van der Waals surface area contributed by atoms with Crippen LogP contribution in [-0.4, -0.2) is 45.4 Å². The highest BCUT2D eigenvalue weighted by atomic mass is 16.7. The molecule has 0 radical (unpaired) electrons. The van der Waals surface area contributed by atoms with E-state index in [0.29, 0.717) is 12.9 Å². The van der Waals surface area contributed by atoms with Crippen LogP contribution in [0.15, 0.2) is 12.3 Å². The molecule has 0 atom stereocenters. The van der Waals surface area contributed by atoms with Gasteiger partial charge in [0.2, 0.25) is 0 Å². The molecule has 1 rings (SSSR count). The molecule has 0 aromatic carbocycles. The number of hydrogen-bond donors (Lipinski definition) is 0. The molecule has 1 aliphatic heterocycles. The minimum Gasteiger partial charge on any atom is -0.502 e. The van der Waals surface area contributed by atoms with Gasteiger partial charge in [-0.25, -0.2) is 0 Å². The van der Waals surface area contributed by atoms with Gasteiger partial charge in [0.1, 0.15) is 0 Å². The molecule has 0 bridgehead atoms. The van der Waals surface area contributed by atoms with Crippen molar-refractivity contribution in [2.24, 2.45) is 0 Å². The summed E-state index contributed by atoms with van der Waals surface area (Å²) in [6.07, 6.45) is 5.88. The molecule has 0 N–H and O–H groups in total. The maximum Gasteiger partial charge on any atom is 0.461 e. The quantitative estimate of drug-likeness (QED) is 0.283. The lowest BCUT2D eigenvalue weighted by molar-refractivity contribution is -0.108. The largest absolute Gasteiger partial charge is 0.502 e. The molecule has 122 valence electrons. The van der Waals surface area contributed by atoms with E-state index in [9.17, 15) is 0 Å². The van der Waals surface area contributed by atoms with E-state index in [0.717, 1.165) is 12.8 Å². The van der Waals surface area contributed by atoms with Gasteiger partial charge in [0.15, 0.2) is 6.29 Å². The van der Waals surface area contributed by atoms with Gasteiger partial charge < -0.3 is 23.5 Å². The molecule has 0 aromatic heterocycles. The number of ether oxygens (including phenoxy) is 3. The van der Waals surface area contributed by atoms with Crippen molar-refractivity contribution < 1.29 is 23.5 Å². The van der Waals surface area contributed by atoms with Crippen LogP contribution in [0.1, 0.15) is 40.5 Å². The molecule has 1 aliphatic rings. The Kier molecular flexibility index (Phi) is 7.20. The molecule has 1 saturated heterocycles. The van der Waals surface area contributed by atoms with Crippen LogP contribution in [0.25, 0.3) is 0 Å². The Hall–Kier alpha value is -0.555. The fourth-order valence-corrected chi connectivity index (χ4v) is 2.03. The summed E-state index contributed by atoms with van der Waals surface area (Å²) in [6, 6.07) is 0. The summed E-state index contributed by atoms with van der Waals surface area (Å²) in [5.74, 6) is 0. The maximum atomic E-state index is 5.89. The minimum absolute atomic E-state index is 0.151. The summed E-state index contributed by atoms with van der Waals surface area (Å²) in [5.41, 5.74) is -0.552. The summed E-state index contributed by atoms with van der Waals surface area (Å²) in [6.45, 7) is 8.85. The normalized spacial score (nSPS) is 20.6. The Morgan fingerprint density at radius 2 is 1.62 bits per heavy atom. The van der Waals surface area contributed by atoms with Crippen molar-refractivity contribution in [2.45, 2.75) is 64.3 Å². The zero-order chi connectivity index (χ0) is 15.9. The first-order chi connectivity index (χ1) is 9.82. The average Bonchev–Trinajstić information content (AvgIpc) is 2.61. The number of hydrogen-bond acceptors (Lipinski definition) is 5. The van der Waals surface area contributed by atoms with Crippen LogP contribution in [0.2, 0.25) is 6.32 Å². The molecule has 0 aromatic rings. The predicted octanol–water partition coefficient (Wildman–Crippen LogP) is 3.01. The Bertz CT molecular complexity index is 310. The third-order valence-electron chi connectivity index (χ3n) is 4.05. The van der Waals surface area contributed by atoms with Crippen molar-refractivity contribution in [1.29, 1.82) is 0 Å². The summed E-state index contributed by atoms with van der Waals surface area (Å²) < 4.78 is 27.4. The van der Waals surface area contributed by atoms with E-state index < -0.39 is 0 Å². The Labute approximate surface area is 129 Å². The van der Waals surface area contributed by atoms with E-state index in [-0.39, 0.29) is 24.6 Å². The Morgan fingerprint density at radius 3 is 2.14 bits per heavy atom. The van der Waals surface area contributed by atoms with Crippen molar-refractivity contribution in [1.82, 2.24) is 0 Å². The lowest BCUT2D eigenvalue weighted by Gasteiger charge is -2.32. The van der Waals surface area contributed by atoms with E-state index in [1.807, 2.05) is 6.08 Å². The molecule has 0 saturated carbocycles. The molecule has 0 amide bonds. The number of rotatable bonds is 9. The van der Waals surface area contributed by atoms with Crippen molar-refractivity contribution in [3.05, 3.63) is 12.3 Å². The highest BCUT2D eigenvalue weighted by Gasteiger charge is 2.50. The molecule has 21 heavy (non-hydrogen) atoms. The fraction of sp³-hybridized carbons (Fsp3) is 0.867. The van der Waals surface area contributed by atoms with Crippen LogP contribution in [-0.2, 0) is 23.5 Å². The average molecular weight is 300 g/mol. The van der Waals surface area contributed by atoms with E-state index in [1.165, 1.54) is 0 Å². The third-order valence-corrected chi connectivity index (χ3v) is 4.05. The molecule has 1 fully saturated rings.